The monoisotopic (exact) mass is 492 g/mol. The summed E-state index contributed by atoms with van der Waals surface area (Å²) >= 11 is 0. The van der Waals surface area contributed by atoms with Crippen LogP contribution in [0.1, 0.15) is 38.1 Å². The Kier molecular flexibility index (Phi) is 9.92. The smallest absolute Gasteiger partial charge is 0.349 e. The SMILES string of the molecule is CNC(=O)N=[S@](=O)(c1ccc(CCCOC(C)=O)nc1)c1ccc(CCCOC(C)=O)[n+]([O-])c1. The van der Waals surface area contributed by atoms with Gasteiger partial charge in [-0.25, -0.2) is 9.00 Å². The zero-order valence-electron chi connectivity index (χ0n) is 19.3. The number of aryl methyl sites for hydroxylation is 2. The Labute approximate surface area is 198 Å². The Bertz CT molecular complexity index is 1140. The molecular weight excluding hydrogens is 464 g/mol. The van der Waals surface area contributed by atoms with E-state index in [2.05, 4.69) is 14.7 Å². The van der Waals surface area contributed by atoms with Crippen LogP contribution in [0.3, 0.4) is 0 Å². The van der Waals surface area contributed by atoms with Gasteiger partial charge in [0.05, 0.1) is 18.1 Å². The minimum absolute atomic E-state index is 0.0549. The average molecular weight is 493 g/mol. The Morgan fingerprint density at radius 2 is 1.65 bits per heavy atom. The first-order chi connectivity index (χ1) is 16.2. The maximum absolute atomic E-state index is 13.9. The predicted octanol–water partition coefficient (Wildman–Crippen LogP) is 1.93. The van der Waals surface area contributed by atoms with Crippen LogP contribution in [-0.4, -0.2) is 47.4 Å². The predicted molar refractivity (Wildman–Crippen MR) is 121 cm³/mol. The highest BCUT2D eigenvalue weighted by atomic mass is 32.2. The van der Waals surface area contributed by atoms with Gasteiger partial charge in [-0.1, -0.05) is 0 Å². The summed E-state index contributed by atoms with van der Waals surface area (Å²) in [5.74, 6) is -0.755. The van der Waals surface area contributed by atoms with Gasteiger partial charge in [0.2, 0.25) is 0 Å². The first-order valence-corrected chi connectivity index (χ1v) is 12.1. The van der Waals surface area contributed by atoms with Crippen LogP contribution in [-0.2, 0) is 41.6 Å². The van der Waals surface area contributed by atoms with Gasteiger partial charge in [0.1, 0.15) is 14.6 Å². The van der Waals surface area contributed by atoms with E-state index in [0.29, 0.717) is 41.8 Å². The van der Waals surface area contributed by atoms with E-state index >= 15 is 0 Å². The van der Waals surface area contributed by atoms with Crippen molar-refractivity contribution in [1.29, 1.82) is 0 Å². The molecule has 2 rings (SSSR count). The number of ether oxygens (including phenoxy) is 2. The average Bonchev–Trinajstić information content (AvgIpc) is 2.80. The van der Waals surface area contributed by atoms with Crippen LogP contribution in [0.4, 0.5) is 4.79 Å². The maximum atomic E-state index is 13.9. The molecule has 2 heterocycles. The number of hydrogen-bond donors (Lipinski definition) is 1. The molecule has 0 spiro atoms. The molecule has 0 saturated heterocycles. The number of nitrogens with zero attached hydrogens (tertiary/aromatic N) is 3. The molecule has 0 aliphatic carbocycles. The van der Waals surface area contributed by atoms with Crippen molar-refractivity contribution in [3.05, 3.63) is 53.3 Å². The standard InChI is InChI=1S/C22H28N4O7S/c1-16(27)32-12-4-6-18-8-10-20(14-24-18)34(31,25-22(29)23-3)21-11-9-19(26(30)15-21)7-5-13-33-17(2)28/h8-11,14-15H,4-7,12-13H2,1-3H3,(H,23,29)/t34-/m0/s1. The second-order valence-electron chi connectivity index (χ2n) is 7.23. The van der Waals surface area contributed by atoms with Crippen molar-refractivity contribution in [3.8, 4) is 0 Å². The number of pyridine rings is 2. The van der Waals surface area contributed by atoms with E-state index in [1.807, 2.05) is 0 Å². The lowest BCUT2D eigenvalue weighted by atomic mass is 10.2. The largest absolute Gasteiger partial charge is 0.618 e. The number of aromatic nitrogens is 2. The highest BCUT2D eigenvalue weighted by Gasteiger charge is 2.22. The molecule has 0 aliphatic rings. The van der Waals surface area contributed by atoms with Gasteiger partial charge in [0.25, 0.3) is 0 Å². The Hall–Kier alpha value is -3.54. The van der Waals surface area contributed by atoms with E-state index in [1.54, 1.807) is 12.1 Å². The van der Waals surface area contributed by atoms with Crippen LogP contribution in [0.2, 0.25) is 0 Å². The van der Waals surface area contributed by atoms with Crippen molar-refractivity contribution in [2.75, 3.05) is 20.3 Å². The zero-order valence-corrected chi connectivity index (χ0v) is 20.1. The van der Waals surface area contributed by atoms with Crippen molar-refractivity contribution >= 4 is 27.7 Å². The van der Waals surface area contributed by atoms with Crippen LogP contribution < -0.4 is 10.0 Å². The molecule has 0 fully saturated rings. The molecule has 184 valence electrons. The molecule has 2 aromatic heterocycles. The third-order valence-corrected chi connectivity index (χ3v) is 6.78. The van der Waals surface area contributed by atoms with E-state index < -0.39 is 21.7 Å². The Balaban J connectivity index is 2.27. The molecular formula is C22H28N4O7S. The topological polar surface area (TPSA) is 151 Å². The molecule has 0 radical (unpaired) electrons. The Morgan fingerprint density at radius 3 is 2.18 bits per heavy atom. The molecule has 0 aromatic carbocycles. The quantitative estimate of drug-likeness (QED) is 0.229. The van der Waals surface area contributed by atoms with Crippen molar-refractivity contribution in [1.82, 2.24) is 10.3 Å². The molecule has 2 aromatic rings. The molecule has 0 aliphatic heterocycles. The first kappa shape index (κ1) is 26.7. The van der Waals surface area contributed by atoms with Gasteiger partial charge in [0, 0.05) is 45.3 Å². The number of hydrogen-bond acceptors (Lipinski definition) is 8. The van der Waals surface area contributed by atoms with Gasteiger partial charge in [-0.15, -0.1) is 4.36 Å². The van der Waals surface area contributed by atoms with Gasteiger partial charge in [-0.05, 0) is 37.5 Å². The molecule has 1 N–H and O–H groups in total. The minimum Gasteiger partial charge on any atom is -0.618 e. The molecule has 34 heavy (non-hydrogen) atoms. The van der Waals surface area contributed by atoms with Gasteiger partial charge >= 0.3 is 18.0 Å². The van der Waals surface area contributed by atoms with Gasteiger partial charge < -0.3 is 20.0 Å². The van der Waals surface area contributed by atoms with E-state index in [9.17, 15) is 23.8 Å². The number of carbonyl (C=O) groups is 3. The minimum atomic E-state index is -3.50. The summed E-state index contributed by atoms with van der Waals surface area (Å²) < 4.78 is 28.0. The molecule has 1 atom stereocenters. The van der Waals surface area contributed by atoms with Crippen molar-refractivity contribution < 1.29 is 32.8 Å². The van der Waals surface area contributed by atoms with Gasteiger partial charge in [-0.3, -0.25) is 14.6 Å². The number of urea groups is 1. The second-order valence-corrected chi connectivity index (χ2v) is 9.40. The Morgan fingerprint density at radius 1 is 1.03 bits per heavy atom. The third kappa shape index (κ3) is 7.80. The van der Waals surface area contributed by atoms with E-state index in [-0.39, 0.29) is 29.0 Å². The fraction of sp³-hybridized carbons (Fsp3) is 0.409. The first-order valence-electron chi connectivity index (χ1n) is 10.6. The normalized spacial score (nSPS) is 12.3. The van der Waals surface area contributed by atoms with E-state index in [1.165, 1.54) is 39.2 Å². The molecule has 11 nitrogen and oxygen atoms in total. The van der Waals surface area contributed by atoms with Gasteiger partial charge in [-0.2, -0.15) is 4.73 Å². The summed E-state index contributed by atoms with van der Waals surface area (Å²) in [6.07, 6.45) is 4.38. The number of amides is 2. The summed E-state index contributed by atoms with van der Waals surface area (Å²) in [4.78, 5) is 38.2. The highest BCUT2D eigenvalue weighted by molar-refractivity contribution is 7.94. The van der Waals surface area contributed by atoms with Crippen LogP contribution >= 0.6 is 0 Å². The number of rotatable bonds is 10. The summed E-state index contributed by atoms with van der Waals surface area (Å²) in [5.41, 5.74) is 1.07. The van der Waals surface area contributed by atoms with Crippen LogP contribution in [0.25, 0.3) is 0 Å². The second kappa shape index (κ2) is 12.6. The summed E-state index contributed by atoms with van der Waals surface area (Å²) in [5, 5.41) is 14.9. The lowest BCUT2D eigenvalue weighted by molar-refractivity contribution is -0.616. The van der Waals surface area contributed by atoms with Crippen molar-refractivity contribution in [2.24, 2.45) is 4.36 Å². The third-order valence-electron chi connectivity index (χ3n) is 4.59. The highest BCUT2D eigenvalue weighted by Crippen LogP contribution is 2.23. The van der Waals surface area contributed by atoms with Gasteiger partial charge in [0.15, 0.2) is 11.9 Å². The summed E-state index contributed by atoms with van der Waals surface area (Å²) in [6, 6.07) is 5.38. The number of esters is 2. The lowest BCUT2D eigenvalue weighted by Crippen LogP contribution is -2.32. The molecule has 2 amide bonds. The van der Waals surface area contributed by atoms with Crippen LogP contribution in [0, 0.1) is 5.21 Å². The molecule has 12 heteroatoms. The molecule has 0 saturated carbocycles. The zero-order chi connectivity index (χ0) is 25.1. The maximum Gasteiger partial charge on any atom is 0.349 e. The number of nitrogens with one attached hydrogen (secondary N) is 1. The summed E-state index contributed by atoms with van der Waals surface area (Å²) in [6.45, 7) is 3.08. The van der Waals surface area contributed by atoms with Crippen molar-refractivity contribution in [2.45, 2.75) is 49.3 Å². The van der Waals surface area contributed by atoms with Crippen molar-refractivity contribution in [3.63, 3.8) is 0 Å². The fourth-order valence-electron chi connectivity index (χ4n) is 2.92. The van der Waals surface area contributed by atoms with Crippen LogP contribution in [0.5, 0.6) is 0 Å². The molecule has 0 unspecified atom stereocenters. The number of carbonyl (C=O) groups excluding carboxylic acids is 3. The van der Waals surface area contributed by atoms with E-state index in [4.69, 9.17) is 9.47 Å². The molecule has 0 bridgehead atoms. The van der Waals surface area contributed by atoms with E-state index in [0.717, 1.165) is 6.20 Å². The summed E-state index contributed by atoms with van der Waals surface area (Å²) in [7, 11) is -2.14. The fourth-order valence-corrected chi connectivity index (χ4v) is 4.66. The lowest BCUT2D eigenvalue weighted by Gasteiger charge is -2.12. The van der Waals surface area contributed by atoms with Crippen LogP contribution in [0.15, 0.2) is 50.8 Å².